The molecule has 0 bridgehead atoms. The van der Waals surface area contributed by atoms with Gasteiger partial charge in [0.25, 0.3) is 0 Å². The first-order valence-electron chi connectivity index (χ1n) is 7.19. The number of carbonyl (C=O) groups excluding carboxylic acids is 1. The van der Waals surface area contributed by atoms with Crippen LogP contribution < -0.4 is 5.32 Å². The molecule has 0 saturated carbocycles. The number of hydrogen-bond acceptors (Lipinski definition) is 4. The van der Waals surface area contributed by atoms with Crippen molar-refractivity contribution in [1.29, 1.82) is 0 Å². The van der Waals surface area contributed by atoms with Crippen LogP contribution in [0.25, 0.3) is 0 Å². The summed E-state index contributed by atoms with van der Waals surface area (Å²) in [4.78, 5) is 27.1. The van der Waals surface area contributed by atoms with Crippen molar-refractivity contribution < 1.29 is 19.4 Å². The van der Waals surface area contributed by atoms with E-state index in [9.17, 15) is 9.59 Å². The molecule has 7 nitrogen and oxygen atoms in total. The Bertz CT molecular complexity index is 321. The van der Waals surface area contributed by atoms with E-state index < -0.39 is 12.0 Å². The van der Waals surface area contributed by atoms with E-state index in [4.69, 9.17) is 9.84 Å². The fourth-order valence-corrected chi connectivity index (χ4v) is 1.77. The topological polar surface area (TPSA) is 82.1 Å². The van der Waals surface area contributed by atoms with Crippen molar-refractivity contribution in [3.05, 3.63) is 0 Å². The van der Waals surface area contributed by atoms with Gasteiger partial charge in [-0.2, -0.15) is 0 Å². The van der Waals surface area contributed by atoms with Gasteiger partial charge < -0.3 is 25.0 Å². The average molecular weight is 303 g/mol. The highest BCUT2D eigenvalue weighted by atomic mass is 16.5. The second-order valence-electron chi connectivity index (χ2n) is 5.76. The molecular weight excluding hydrogens is 274 g/mol. The van der Waals surface area contributed by atoms with E-state index in [0.29, 0.717) is 25.6 Å². The second kappa shape index (κ2) is 10.4. The third kappa shape index (κ3) is 9.25. The molecule has 0 aromatic heterocycles. The molecular formula is C14H29N3O4. The molecule has 7 heteroatoms. The fourth-order valence-electron chi connectivity index (χ4n) is 1.77. The maximum Gasteiger partial charge on any atom is 0.326 e. The number of carboxylic acids is 1. The van der Waals surface area contributed by atoms with Crippen LogP contribution in [0.1, 0.15) is 20.3 Å². The summed E-state index contributed by atoms with van der Waals surface area (Å²) in [7, 11) is 5.37. The zero-order valence-corrected chi connectivity index (χ0v) is 13.8. The van der Waals surface area contributed by atoms with Crippen LogP contribution >= 0.6 is 0 Å². The highest BCUT2D eigenvalue weighted by Crippen LogP contribution is 2.02. The van der Waals surface area contributed by atoms with Gasteiger partial charge in [0.05, 0.1) is 0 Å². The monoisotopic (exact) mass is 303 g/mol. The molecule has 0 aromatic rings. The zero-order valence-electron chi connectivity index (χ0n) is 13.8. The molecule has 0 aliphatic heterocycles. The molecule has 0 heterocycles. The summed E-state index contributed by atoms with van der Waals surface area (Å²) in [5.41, 5.74) is 0. The van der Waals surface area contributed by atoms with E-state index in [-0.39, 0.29) is 12.5 Å². The molecule has 0 spiro atoms. The number of rotatable bonds is 10. The summed E-state index contributed by atoms with van der Waals surface area (Å²) >= 11 is 0. The van der Waals surface area contributed by atoms with Gasteiger partial charge in [0.2, 0.25) is 0 Å². The third-order valence-electron chi connectivity index (χ3n) is 2.90. The van der Waals surface area contributed by atoms with Gasteiger partial charge in [-0.25, -0.2) is 9.59 Å². The van der Waals surface area contributed by atoms with Crippen LogP contribution in [0.5, 0.6) is 0 Å². The van der Waals surface area contributed by atoms with Crippen LogP contribution in [-0.2, 0) is 9.53 Å². The zero-order chi connectivity index (χ0) is 16.4. The molecule has 0 rings (SSSR count). The Morgan fingerprint density at radius 1 is 1.24 bits per heavy atom. The van der Waals surface area contributed by atoms with Gasteiger partial charge in [0.1, 0.15) is 6.04 Å². The highest BCUT2D eigenvalue weighted by molar-refractivity contribution is 5.82. The van der Waals surface area contributed by atoms with Crippen LogP contribution in [0.2, 0.25) is 0 Å². The van der Waals surface area contributed by atoms with Gasteiger partial charge in [-0.3, -0.25) is 0 Å². The van der Waals surface area contributed by atoms with Crippen LogP contribution in [0.15, 0.2) is 0 Å². The number of nitrogens with one attached hydrogen (secondary N) is 1. The summed E-state index contributed by atoms with van der Waals surface area (Å²) in [6.45, 7) is 6.23. The van der Waals surface area contributed by atoms with Crippen LogP contribution in [0, 0.1) is 5.92 Å². The van der Waals surface area contributed by atoms with Crippen molar-refractivity contribution in [2.75, 3.05) is 47.4 Å². The van der Waals surface area contributed by atoms with Crippen molar-refractivity contribution in [2.45, 2.75) is 26.3 Å². The average Bonchev–Trinajstić information content (AvgIpc) is 2.38. The van der Waals surface area contributed by atoms with E-state index in [1.54, 1.807) is 4.90 Å². The second-order valence-corrected chi connectivity index (χ2v) is 5.76. The molecule has 0 aliphatic carbocycles. The summed E-state index contributed by atoms with van der Waals surface area (Å²) in [6.07, 6.45) is 0.251. The minimum absolute atomic E-state index is 0.251. The van der Waals surface area contributed by atoms with E-state index in [0.717, 1.165) is 6.54 Å². The number of ether oxygens (including phenoxy) is 1. The van der Waals surface area contributed by atoms with Crippen molar-refractivity contribution in [1.82, 2.24) is 15.1 Å². The lowest BCUT2D eigenvalue weighted by molar-refractivity contribution is -0.139. The Kier molecular flexibility index (Phi) is 9.73. The maximum absolute atomic E-state index is 12.3. The molecule has 124 valence electrons. The SMILES string of the molecule is COCCC(NC(=O)N(CCN(C)C)CC(C)C)C(=O)O. The molecule has 0 aromatic carbocycles. The molecule has 1 unspecified atom stereocenters. The number of aliphatic carboxylic acids is 1. The van der Waals surface area contributed by atoms with Gasteiger partial charge in [-0.05, 0) is 20.0 Å². The first kappa shape index (κ1) is 19.7. The predicted molar refractivity (Wildman–Crippen MR) is 81.4 cm³/mol. The van der Waals surface area contributed by atoms with Crippen molar-refractivity contribution in [3.8, 4) is 0 Å². The van der Waals surface area contributed by atoms with Gasteiger partial charge in [0.15, 0.2) is 0 Å². The standard InChI is InChI=1S/C14H29N3O4/c1-11(2)10-17(8-7-16(3)4)14(20)15-12(13(18)19)6-9-21-5/h11-12H,6-10H2,1-5H3,(H,15,20)(H,18,19). The number of hydrogen-bond donors (Lipinski definition) is 2. The number of urea groups is 1. The molecule has 21 heavy (non-hydrogen) atoms. The Balaban J connectivity index is 4.63. The van der Waals surface area contributed by atoms with E-state index in [1.165, 1.54) is 7.11 Å². The smallest absolute Gasteiger partial charge is 0.326 e. The van der Waals surface area contributed by atoms with E-state index in [1.807, 2.05) is 32.8 Å². The molecule has 0 radical (unpaired) electrons. The Morgan fingerprint density at radius 3 is 2.29 bits per heavy atom. The van der Waals surface area contributed by atoms with E-state index in [2.05, 4.69) is 5.32 Å². The summed E-state index contributed by atoms with van der Waals surface area (Å²) in [5, 5.41) is 11.7. The summed E-state index contributed by atoms with van der Waals surface area (Å²) in [6, 6.07) is -1.26. The van der Waals surface area contributed by atoms with Crippen molar-refractivity contribution >= 4 is 12.0 Å². The lowest BCUT2D eigenvalue weighted by Gasteiger charge is -2.27. The van der Waals surface area contributed by atoms with Gasteiger partial charge in [-0.1, -0.05) is 13.8 Å². The van der Waals surface area contributed by atoms with Crippen LogP contribution in [0.4, 0.5) is 4.79 Å². The normalized spacial score (nSPS) is 12.5. The number of nitrogens with zero attached hydrogens (tertiary/aromatic N) is 2. The number of methoxy groups -OCH3 is 1. The van der Waals surface area contributed by atoms with Crippen LogP contribution in [-0.4, -0.2) is 80.4 Å². The number of carboxylic acid groups (broad SMARTS) is 1. The molecule has 0 saturated heterocycles. The van der Waals surface area contributed by atoms with Crippen molar-refractivity contribution in [2.24, 2.45) is 5.92 Å². The Hall–Kier alpha value is -1.34. The Morgan fingerprint density at radius 2 is 1.86 bits per heavy atom. The molecule has 1 atom stereocenters. The quantitative estimate of drug-likeness (QED) is 0.621. The summed E-state index contributed by atoms with van der Waals surface area (Å²) in [5.74, 6) is -0.724. The maximum atomic E-state index is 12.3. The highest BCUT2D eigenvalue weighted by Gasteiger charge is 2.23. The largest absolute Gasteiger partial charge is 0.480 e. The third-order valence-corrected chi connectivity index (χ3v) is 2.90. The van der Waals surface area contributed by atoms with Gasteiger partial charge >= 0.3 is 12.0 Å². The summed E-state index contributed by atoms with van der Waals surface area (Å²) < 4.78 is 4.87. The first-order chi connectivity index (χ1) is 9.77. The molecule has 2 N–H and O–H groups in total. The lowest BCUT2D eigenvalue weighted by atomic mass is 10.2. The van der Waals surface area contributed by atoms with E-state index >= 15 is 0 Å². The number of carbonyl (C=O) groups is 2. The van der Waals surface area contributed by atoms with Crippen molar-refractivity contribution in [3.63, 3.8) is 0 Å². The van der Waals surface area contributed by atoms with Gasteiger partial charge in [0, 0.05) is 39.8 Å². The van der Waals surface area contributed by atoms with Crippen LogP contribution in [0.3, 0.4) is 0 Å². The molecule has 2 amide bonds. The fraction of sp³-hybridized carbons (Fsp3) is 0.857. The Labute approximate surface area is 127 Å². The minimum Gasteiger partial charge on any atom is -0.480 e. The number of amides is 2. The lowest BCUT2D eigenvalue weighted by Crippen LogP contribution is -2.50. The molecule has 0 fully saturated rings. The van der Waals surface area contributed by atoms with Gasteiger partial charge in [-0.15, -0.1) is 0 Å². The first-order valence-corrected chi connectivity index (χ1v) is 7.19. The minimum atomic E-state index is -1.04. The molecule has 0 aliphatic rings. The predicted octanol–water partition coefficient (Wildman–Crippen LogP) is 0.705. The number of likely N-dealkylation sites (N-methyl/N-ethyl adjacent to an activating group) is 1.